The van der Waals surface area contributed by atoms with Crippen molar-refractivity contribution >= 4 is 22.8 Å². The molecule has 0 aliphatic heterocycles. The zero-order valence-electron chi connectivity index (χ0n) is 12.5. The Morgan fingerprint density at radius 1 is 1.17 bits per heavy atom. The van der Waals surface area contributed by atoms with Crippen molar-refractivity contribution in [3.8, 4) is 0 Å². The van der Waals surface area contributed by atoms with Crippen LogP contribution in [-0.2, 0) is 17.1 Å². The fourth-order valence-electron chi connectivity index (χ4n) is 2.12. The number of nitrogens with one attached hydrogen (secondary N) is 1. The first-order valence-electron chi connectivity index (χ1n) is 7.15. The minimum absolute atomic E-state index is 0.0929. The molecule has 0 atom stereocenters. The molecular weight excluding hydrogens is 339 g/mol. The highest BCUT2D eigenvalue weighted by molar-refractivity contribution is 7.98. The number of H-pyrrole nitrogens is 1. The van der Waals surface area contributed by atoms with E-state index in [4.69, 9.17) is 0 Å². The Hall–Kier alpha value is -2.06. The third-order valence-electron chi connectivity index (χ3n) is 3.14. The number of halogens is 3. The molecule has 0 radical (unpaired) electrons. The second kappa shape index (κ2) is 7.23. The summed E-state index contributed by atoms with van der Waals surface area (Å²) in [5, 5.41) is 0.775. The number of aromatic nitrogens is 3. The molecule has 3 aromatic rings. The van der Waals surface area contributed by atoms with Crippen molar-refractivity contribution in [1.29, 1.82) is 0 Å². The number of hydrogen-bond donors (Lipinski definition) is 1. The topological polar surface area (TPSA) is 50.8 Å². The van der Waals surface area contributed by atoms with Crippen LogP contribution in [0.3, 0.4) is 0 Å². The Morgan fingerprint density at radius 3 is 2.79 bits per heavy atom. The molecule has 0 amide bonds. The standard InChI is InChI=1S/C16H14F3N3OS/c17-16(18,19)10-23-8-11-5-6-20-12(7-11)9-24-15-21-13-3-1-2-4-14(13)22-15/h1-7H,8-10H2,(H,21,22). The Balaban J connectivity index is 1.58. The first-order chi connectivity index (χ1) is 11.5. The lowest BCUT2D eigenvalue weighted by molar-refractivity contribution is -0.176. The van der Waals surface area contributed by atoms with E-state index in [-0.39, 0.29) is 6.61 Å². The lowest BCUT2D eigenvalue weighted by atomic mass is 10.2. The van der Waals surface area contributed by atoms with Crippen LogP contribution in [0.25, 0.3) is 11.0 Å². The van der Waals surface area contributed by atoms with Crippen LogP contribution < -0.4 is 0 Å². The van der Waals surface area contributed by atoms with Gasteiger partial charge in [0.15, 0.2) is 5.16 Å². The SMILES string of the molecule is FC(F)(F)COCc1ccnc(CSc2nc3ccccc3[nH]2)c1. The number of benzene rings is 1. The van der Waals surface area contributed by atoms with E-state index in [1.165, 1.54) is 11.8 Å². The predicted octanol–water partition coefficient (Wildman–Crippen LogP) is 4.33. The Bertz CT molecular complexity index is 786. The van der Waals surface area contributed by atoms with Crippen LogP contribution in [0, 0.1) is 0 Å². The van der Waals surface area contributed by atoms with Gasteiger partial charge in [0.25, 0.3) is 0 Å². The van der Waals surface area contributed by atoms with Gasteiger partial charge in [-0.15, -0.1) is 0 Å². The van der Waals surface area contributed by atoms with E-state index in [1.54, 1.807) is 18.3 Å². The summed E-state index contributed by atoms with van der Waals surface area (Å²) in [7, 11) is 0. The van der Waals surface area contributed by atoms with Gasteiger partial charge in [0.2, 0.25) is 0 Å². The van der Waals surface area contributed by atoms with Crippen LogP contribution in [0.15, 0.2) is 47.8 Å². The van der Waals surface area contributed by atoms with E-state index in [2.05, 4.69) is 19.7 Å². The van der Waals surface area contributed by atoms with E-state index < -0.39 is 12.8 Å². The molecule has 0 spiro atoms. The molecular formula is C16H14F3N3OS. The highest BCUT2D eigenvalue weighted by Gasteiger charge is 2.27. The van der Waals surface area contributed by atoms with Gasteiger partial charge < -0.3 is 9.72 Å². The molecule has 0 saturated heterocycles. The summed E-state index contributed by atoms with van der Waals surface area (Å²) >= 11 is 1.49. The Kier molecular flexibility index (Phi) is 5.06. The second-order valence-corrected chi connectivity index (χ2v) is 6.08. The number of thioether (sulfide) groups is 1. The molecule has 0 aliphatic carbocycles. The van der Waals surface area contributed by atoms with Gasteiger partial charge in [-0.05, 0) is 29.8 Å². The van der Waals surface area contributed by atoms with Gasteiger partial charge in [-0.25, -0.2) is 4.98 Å². The molecule has 1 aromatic carbocycles. The first kappa shape index (κ1) is 16.8. The largest absolute Gasteiger partial charge is 0.411 e. The predicted molar refractivity (Wildman–Crippen MR) is 85.6 cm³/mol. The first-order valence-corrected chi connectivity index (χ1v) is 8.14. The van der Waals surface area contributed by atoms with Crippen LogP contribution in [0.5, 0.6) is 0 Å². The molecule has 0 fully saturated rings. The number of rotatable bonds is 6. The van der Waals surface area contributed by atoms with E-state index in [0.29, 0.717) is 11.3 Å². The Labute approximate surface area is 140 Å². The number of aromatic amines is 1. The molecule has 3 rings (SSSR count). The van der Waals surface area contributed by atoms with Crippen LogP contribution in [0.1, 0.15) is 11.3 Å². The summed E-state index contributed by atoms with van der Waals surface area (Å²) in [6.07, 6.45) is -2.74. The minimum Gasteiger partial charge on any atom is -0.367 e. The third-order valence-corrected chi connectivity index (χ3v) is 4.05. The average Bonchev–Trinajstić information content (AvgIpc) is 2.95. The van der Waals surface area contributed by atoms with Crippen molar-refractivity contribution in [3.05, 3.63) is 53.9 Å². The highest BCUT2D eigenvalue weighted by Crippen LogP contribution is 2.23. The van der Waals surface area contributed by atoms with Gasteiger partial charge in [0.1, 0.15) is 6.61 Å². The zero-order valence-corrected chi connectivity index (χ0v) is 13.3. The minimum atomic E-state index is -4.31. The van der Waals surface area contributed by atoms with Crippen molar-refractivity contribution in [2.75, 3.05) is 6.61 Å². The van der Waals surface area contributed by atoms with E-state index >= 15 is 0 Å². The molecule has 24 heavy (non-hydrogen) atoms. The normalized spacial score (nSPS) is 12.0. The fourth-order valence-corrected chi connectivity index (χ4v) is 2.91. The van der Waals surface area contributed by atoms with Crippen LogP contribution in [0.2, 0.25) is 0 Å². The number of pyridine rings is 1. The summed E-state index contributed by atoms with van der Waals surface area (Å²) in [5.41, 5.74) is 3.27. The van der Waals surface area contributed by atoms with Gasteiger partial charge in [0.05, 0.1) is 23.3 Å². The number of ether oxygens (including phenoxy) is 1. The van der Waals surface area contributed by atoms with E-state index in [1.807, 2.05) is 24.3 Å². The fraction of sp³-hybridized carbons (Fsp3) is 0.250. The van der Waals surface area contributed by atoms with Gasteiger partial charge in [0, 0.05) is 11.9 Å². The lowest BCUT2D eigenvalue weighted by Crippen LogP contribution is -2.16. The maximum Gasteiger partial charge on any atom is 0.411 e. The van der Waals surface area contributed by atoms with Gasteiger partial charge in [-0.3, -0.25) is 4.98 Å². The maximum absolute atomic E-state index is 12.1. The summed E-state index contributed by atoms with van der Waals surface area (Å²) in [6.45, 7) is -1.34. The second-order valence-electron chi connectivity index (χ2n) is 5.11. The number of nitrogens with zero attached hydrogens (tertiary/aromatic N) is 2. The number of imidazole rings is 1. The molecule has 2 aromatic heterocycles. The van der Waals surface area contributed by atoms with Crippen molar-refractivity contribution in [1.82, 2.24) is 15.0 Å². The molecule has 8 heteroatoms. The van der Waals surface area contributed by atoms with Crippen LogP contribution in [0.4, 0.5) is 13.2 Å². The molecule has 1 N–H and O–H groups in total. The van der Waals surface area contributed by atoms with E-state index in [9.17, 15) is 13.2 Å². The van der Waals surface area contributed by atoms with Gasteiger partial charge >= 0.3 is 6.18 Å². The number of hydrogen-bond acceptors (Lipinski definition) is 4. The Morgan fingerprint density at radius 2 is 2.00 bits per heavy atom. The molecule has 0 aliphatic rings. The van der Waals surface area contributed by atoms with Crippen molar-refractivity contribution in [3.63, 3.8) is 0 Å². The number of alkyl halides is 3. The van der Waals surface area contributed by atoms with Crippen LogP contribution in [-0.4, -0.2) is 27.7 Å². The molecule has 4 nitrogen and oxygen atoms in total. The highest BCUT2D eigenvalue weighted by atomic mass is 32.2. The summed E-state index contributed by atoms with van der Waals surface area (Å²) in [4.78, 5) is 11.9. The van der Waals surface area contributed by atoms with Crippen molar-refractivity contribution in [2.24, 2.45) is 0 Å². The molecule has 0 bridgehead atoms. The monoisotopic (exact) mass is 353 g/mol. The molecule has 0 saturated carbocycles. The van der Waals surface area contributed by atoms with Gasteiger partial charge in [-0.2, -0.15) is 13.2 Å². The lowest BCUT2D eigenvalue weighted by Gasteiger charge is -2.08. The third kappa shape index (κ3) is 4.72. The van der Waals surface area contributed by atoms with Crippen molar-refractivity contribution in [2.45, 2.75) is 23.7 Å². The summed E-state index contributed by atoms with van der Waals surface area (Å²) < 4.78 is 40.9. The molecule has 126 valence electrons. The quantitative estimate of drug-likeness (QED) is 0.670. The number of para-hydroxylation sites is 2. The molecule has 0 unspecified atom stereocenters. The summed E-state index contributed by atoms with van der Waals surface area (Å²) in [6, 6.07) is 11.1. The zero-order chi connectivity index (χ0) is 17.0. The van der Waals surface area contributed by atoms with Gasteiger partial charge in [-0.1, -0.05) is 23.9 Å². The van der Waals surface area contributed by atoms with E-state index in [0.717, 1.165) is 21.9 Å². The summed E-state index contributed by atoms with van der Waals surface area (Å²) in [5.74, 6) is 0.562. The van der Waals surface area contributed by atoms with Crippen molar-refractivity contribution < 1.29 is 17.9 Å². The smallest absolute Gasteiger partial charge is 0.367 e. The molecule has 2 heterocycles. The average molecular weight is 353 g/mol. The van der Waals surface area contributed by atoms with Crippen LogP contribution >= 0.6 is 11.8 Å². The maximum atomic E-state index is 12.1. The number of fused-ring (bicyclic) bond motifs is 1.